The Labute approximate surface area is 98.3 Å². The molecule has 2 rings (SSSR count). The molecular weight excluding hydrogens is 219 g/mol. The van der Waals surface area contributed by atoms with Crippen molar-refractivity contribution in [2.24, 2.45) is 0 Å². The summed E-state index contributed by atoms with van der Waals surface area (Å²) in [6.45, 7) is 0. The Kier molecular flexibility index (Phi) is 3.19. The van der Waals surface area contributed by atoms with Gasteiger partial charge < -0.3 is 5.11 Å². The van der Waals surface area contributed by atoms with Gasteiger partial charge in [-0.3, -0.25) is 4.79 Å². The second kappa shape index (κ2) is 4.78. The molecule has 0 fully saturated rings. The van der Waals surface area contributed by atoms with Gasteiger partial charge in [-0.1, -0.05) is 36.4 Å². The van der Waals surface area contributed by atoms with E-state index < -0.39 is 11.8 Å². The topological polar surface area (TPSA) is 37.3 Å². The van der Waals surface area contributed by atoms with Crippen molar-refractivity contribution < 1.29 is 14.3 Å². The number of carboxylic acids is 1. The van der Waals surface area contributed by atoms with E-state index in [2.05, 4.69) is 0 Å². The molecule has 0 aliphatic rings. The summed E-state index contributed by atoms with van der Waals surface area (Å²) in [7, 11) is 0. The fourth-order valence-electron chi connectivity index (χ4n) is 1.77. The second-order valence-electron chi connectivity index (χ2n) is 3.74. The molecule has 3 heteroatoms. The Morgan fingerprint density at radius 2 is 1.82 bits per heavy atom. The molecule has 2 aromatic rings. The maximum absolute atomic E-state index is 13.1. The van der Waals surface area contributed by atoms with Gasteiger partial charge in [0.25, 0.3) is 0 Å². The van der Waals surface area contributed by atoms with E-state index >= 15 is 0 Å². The van der Waals surface area contributed by atoms with E-state index in [1.807, 2.05) is 30.3 Å². The molecule has 0 heterocycles. The predicted octanol–water partition coefficient (Wildman–Crippen LogP) is 3.12. The van der Waals surface area contributed by atoms with Crippen LogP contribution in [0.2, 0.25) is 0 Å². The number of hydrogen-bond donors (Lipinski definition) is 1. The average Bonchev–Trinajstić information content (AvgIpc) is 2.29. The third-order valence-corrected chi connectivity index (χ3v) is 2.49. The van der Waals surface area contributed by atoms with Gasteiger partial charge in [0.2, 0.25) is 0 Å². The molecule has 0 amide bonds. The van der Waals surface area contributed by atoms with Crippen molar-refractivity contribution in [2.45, 2.75) is 6.42 Å². The van der Waals surface area contributed by atoms with Crippen LogP contribution in [-0.4, -0.2) is 11.1 Å². The lowest BCUT2D eigenvalue weighted by Gasteiger charge is -2.08. The molecule has 17 heavy (non-hydrogen) atoms. The maximum atomic E-state index is 13.1. The second-order valence-corrected chi connectivity index (χ2v) is 3.74. The summed E-state index contributed by atoms with van der Waals surface area (Å²) in [6.07, 6.45) is -0.179. The average molecular weight is 230 g/mol. The van der Waals surface area contributed by atoms with Gasteiger partial charge in [-0.25, -0.2) is 4.39 Å². The lowest BCUT2D eigenvalue weighted by molar-refractivity contribution is -0.136. The molecule has 2 aromatic carbocycles. The van der Waals surface area contributed by atoms with Crippen molar-refractivity contribution in [1.29, 1.82) is 0 Å². The third kappa shape index (κ3) is 2.69. The third-order valence-electron chi connectivity index (χ3n) is 2.49. The molecule has 0 spiro atoms. The number of benzene rings is 2. The molecule has 0 atom stereocenters. The molecule has 0 aromatic heterocycles. The SMILES string of the molecule is O=C(O)Cc1cc(F)ccc1-c1ccccc1. The Balaban J connectivity index is 2.50. The highest BCUT2D eigenvalue weighted by molar-refractivity contribution is 5.76. The molecule has 0 aliphatic carbocycles. The van der Waals surface area contributed by atoms with Gasteiger partial charge in [-0.15, -0.1) is 0 Å². The van der Waals surface area contributed by atoms with Crippen molar-refractivity contribution in [3.8, 4) is 11.1 Å². The standard InChI is InChI=1S/C14H11FO2/c15-12-6-7-13(10-4-2-1-3-5-10)11(8-12)9-14(16)17/h1-8H,9H2,(H,16,17). The van der Waals surface area contributed by atoms with E-state index in [1.165, 1.54) is 12.1 Å². The van der Waals surface area contributed by atoms with Crippen LogP contribution >= 0.6 is 0 Å². The Morgan fingerprint density at radius 1 is 1.12 bits per heavy atom. The van der Waals surface area contributed by atoms with Crippen LogP contribution in [0.3, 0.4) is 0 Å². The highest BCUT2D eigenvalue weighted by Gasteiger charge is 2.09. The van der Waals surface area contributed by atoms with E-state index in [0.29, 0.717) is 5.56 Å². The lowest BCUT2D eigenvalue weighted by Crippen LogP contribution is -2.02. The van der Waals surface area contributed by atoms with Crippen LogP contribution in [0.15, 0.2) is 48.5 Å². The van der Waals surface area contributed by atoms with Crippen LogP contribution in [0.5, 0.6) is 0 Å². The summed E-state index contributed by atoms with van der Waals surface area (Å²) < 4.78 is 13.1. The smallest absolute Gasteiger partial charge is 0.307 e. The first kappa shape index (κ1) is 11.3. The summed E-state index contributed by atoms with van der Waals surface area (Å²) in [4.78, 5) is 10.7. The van der Waals surface area contributed by atoms with Crippen LogP contribution in [0.4, 0.5) is 4.39 Å². The minimum absolute atomic E-state index is 0.179. The molecule has 1 N–H and O–H groups in total. The summed E-state index contributed by atoms with van der Waals surface area (Å²) in [5.74, 6) is -1.38. The van der Waals surface area contributed by atoms with Crippen molar-refractivity contribution in [3.05, 3.63) is 59.9 Å². The van der Waals surface area contributed by atoms with E-state index in [0.717, 1.165) is 11.1 Å². The van der Waals surface area contributed by atoms with E-state index in [9.17, 15) is 9.18 Å². The van der Waals surface area contributed by atoms with E-state index in [-0.39, 0.29) is 6.42 Å². The minimum atomic E-state index is -0.965. The minimum Gasteiger partial charge on any atom is -0.481 e. The van der Waals surface area contributed by atoms with Crippen molar-refractivity contribution in [3.63, 3.8) is 0 Å². The quantitative estimate of drug-likeness (QED) is 0.879. The van der Waals surface area contributed by atoms with Crippen LogP contribution in [0.25, 0.3) is 11.1 Å². The summed E-state index contributed by atoms with van der Waals surface area (Å²) >= 11 is 0. The molecule has 86 valence electrons. The van der Waals surface area contributed by atoms with Gasteiger partial charge in [0.05, 0.1) is 6.42 Å². The Bertz CT molecular complexity index is 535. The van der Waals surface area contributed by atoms with Gasteiger partial charge in [-0.05, 0) is 28.8 Å². The van der Waals surface area contributed by atoms with Crippen LogP contribution in [0.1, 0.15) is 5.56 Å². The molecule has 0 saturated heterocycles. The lowest BCUT2D eigenvalue weighted by atomic mass is 9.97. The Hall–Kier alpha value is -2.16. The summed E-state index contributed by atoms with van der Waals surface area (Å²) in [5, 5.41) is 8.81. The van der Waals surface area contributed by atoms with Crippen molar-refractivity contribution in [2.75, 3.05) is 0 Å². The summed E-state index contributed by atoms with van der Waals surface area (Å²) in [5.41, 5.74) is 2.14. The maximum Gasteiger partial charge on any atom is 0.307 e. The van der Waals surface area contributed by atoms with Gasteiger partial charge in [0, 0.05) is 0 Å². The Morgan fingerprint density at radius 3 is 2.47 bits per heavy atom. The number of hydrogen-bond acceptors (Lipinski definition) is 1. The van der Waals surface area contributed by atoms with Crippen molar-refractivity contribution in [1.82, 2.24) is 0 Å². The number of carbonyl (C=O) groups is 1. The zero-order valence-electron chi connectivity index (χ0n) is 9.06. The first-order chi connectivity index (χ1) is 8.16. The first-order valence-electron chi connectivity index (χ1n) is 5.22. The van der Waals surface area contributed by atoms with E-state index in [1.54, 1.807) is 6.07 Å². The first-order valence-corrected chi connectivity index (χ1v) is 5.22. The van der Waals surface area contributed by atoms with Crippen molar-refractivity contribution >= 4 is 5.97 Å². The molecule has 0 aliphatic heterocycles. The summed E-state index contributed by atoms with van der Waals surface area (Å²) in [6, 6.07) is 13.6. The van der Waals surface area contributed by atoms with E-state index in [4.69, 9.17) is 5.11 Å². The van der Waals surface area contributed by atoms with Crippen LogP contribution < -0.4 is 0 Å². The molecule has 0 saturated carbocycles. The zero-order chi connectivity index (χ0) is 12.3. The predicted molar refractivity (Wildman–Crippen MR) is 63.2 cm³/mol. The van der Waals surface area contributed by atoms with Gasteiger partial charge >= 0.3 is 5.97 Å². The highest BCUT2D eigenvalue weighted by atomic mass is 19.1. The molecule has 0 radical (unpaired) electrons. The highest BCUT2D eigenvalue weighted by Crippen LogP contribution is 2.24. The number of carboxylic acid groups (broad SMARTS) is 1. The number of aliphatic carboxylic acids is 1. The van der Waals surface area contributed by atoms with Crippen LogP contribution in [0, 0.1) is 5.82 Å². The number of halogens is 1. The monoisotopic (exact) mass is 230 g/mol. The van der Waals surface area contributed by atoms with Gasteiger partial charge in [0.15, 0.2) is 0 Å². The molecule has 0 bridgehead atoms. The number of rotatable bonds is 3. The zero-order valence-corrected chi connectivity index (χ0v) is 9.06. The van der Waals surface area contributed by atoms with Gasteiger partial charge in [-0.2, -0.15) is 0 Å². The fraction of sp³-hybridized carbons (Fsp3) is 0.0714. The fourth-order valence-corrected chi connectivity index (χ4v) is 1.77. The molecule has 2 nitrogen and oxygen atoms in total. The molecular formula is C14H11FO2. The van der Waals surface area contributed by atoms with Gasteiger partial charge in [0.1, 0.15) is 5.82 Å². The molecule has 0 unspecified atom stereocenters. The van der Waals surface area contributed by atoms with Crippen LogP contribution in [-0.2, 0) is 11.2 Å². The normalized spacial score (nSPS) is 10.2. The largest absolute Gasteiger partial charge is 0.481 e.